The lowest BCUT2D eigenvalue weighted by atomic mass is 10.2. The molecule has 0 atom stereocenters. The topological polar surface area (TPSA) is 63.5 Å². The zero-order chi connectivity index (χ0) is 18.1. The average Bonchev–Trinajstić information content (AvgIpc) is 3.10. The summed E-state index contributed by atoms with van der Waals surface area (Å²) in [6, 6.07) is 8.85. The van der Waals surface area contributed by atoms with E-state index in [0.29, 0.717) is 28.0 Å². The molecule has 5 nitrogen and oxygen atoms in total. The molecule has 1 aromatic carbocycles. The highest BCUT2D eigenvalue weighted by atomic mass is 35.5. The molecule has 0 spiro atoms. The molecule has 0 aliphatic heterocycles. The Labute approximate surface area is 161 Å². The largest absolute Gasteiger partial charge is 0.468 e. The van der Waals surface area contributed by atoms with E-state index in [9.17, 15) is 4.79 Å². The van der Waals surface area contributed by atoms with Crippen molar-refractivity contribution < 1.29 is 13.9 Å². The molecule has 0 fully saturated rings. The van der Waals surface area contributed by atoms with E-state index in [1.807, 2.05) is 12.1 Å². The van der Waals surface area contributed by atoms with Crippen LogP contribution in [0.15, 0.2) is 41.0 Å². The maximum absolute atomic E-state index is 11.9. The van der Waals surface area contributed by atoms with Gasteiger partial charge in [0.1, 0.15) is 5.76 Å². The van der Waals surface area contributed by atoms with E-state index in [-0.39, 0.29) is 0 Å². The van der Waals surface area contributed by atoms with E-state index in [2.05, 4.69) is 10.6 Å². The number of ether oxygens (including phenoxy) is 1. The van der Waals surface area contributed by atoms with Crippen molar-refractivity contribution in [2.24, 2.45) is 0 Å². The molecular weight excluding hydrogens is 380 g/mol. The normalized spacial score (nSPS) is 10.3. The van der Waals surface area contributed by atoms with Crippen molar-refractivity contribution in [2.45, 2.75) is 12.7 Å². The van der Waals surface area contributed by atoms with Gasteiger partial charge >= 0.3 is 5.97 Å². The number of rotatable bonds is 8. The molecule has 25 heavy (non-hydrogen) atoms. The number of hydrogen-bond acceptors (Lipinski definition) is 5. The molecule has 8 heteroatoms. The van der Waals surface area contributed by atoms with E-state index in [4.69, 9.17) is 33.0 Å². The molecule has 0 aliphatic rings. The number of nitrogens with one attached hydrogen (secondary N) is 2. The van der Waals surface area contributed by atoms with Gasteiger partial charge < -0.3 is 19.8 Å². The fraction of sp³-hybridized carbons (Fsp3) is 0.294. The molecule has 0 radical (unpaired) electrons. The molecule has 0 unspecified atom stereocenters. The number of carbonyl (C=O) groups is 1. The van der Waals surface area contributed by atoms with Gasteiger partial charge in [0.15, 0.2) is 5.11 Å². The minimum absolute atomic E-state index is 0.294. The molecular formula is C17H19ClN2O3S2. The molecule has 0 bridgehead atoms. The van der Waals surface area contributed by atoms with E-state index in [0.717, 1.165) is 23.8 Å². The van der Waals surface area contributed by atoms with E-state index in [1.165, 1.54) is 0 Å². The maximum Gasteiger partial charge on any atom is 0.339 e. The van der Waals surface area contributed by atoms with Crippen LogP contribution < -0.4 is 10.6 Å². The van der Waals surface area contributed by atoms with Gasteiger partial charge in [0, 0.05) is 18.0 Å². The first-order valence-corrected chi connectivity index (χ1v) is 9.66. The number of halogens is 1. The molecule has 134 valence electrons. The third-order valence-corrected chi connectivity index (χ3v) is 4.63. The van der Waals surface area contributed by atoms with Gasteiger partial charge in [-0.2, -0.15) is 11.8 Å². The molecule has 0 aliphatic carbocycles. The van der Waals surface area contributed by atoms with Gasteiger partial charge in [-0.25, -0.2) is 4.79 Å². The maximum atomic E-state index is 11.9. The number of anilines is 1. The number of thioether (sulfide) groups is 1. The smallest absolute Gasteiger partial charge is 0.339 e. The minimum atomic E-state index is -0.454. The first kappa shape index (κ1) is 19.6. The summed E-state index contributed by atoms with van der Waals surface area (Å²) in [5, 5.41) is 6.98. The number of benzene rings is 1. The van der Waals surface area contributed by atoms with Crippen LogP contribution in [0.1, 0.15) is 23.0 Å². The highest BCUT2D eigenvalue weighted by molar-refractivity contribution is 7.98. The summed E-state index contributed by atoms with van der Waals surface area (Å²) in [7, 11) is 0. The molecule has 2 rings (SSSR count). The summed E-state index contributed by atoms with van der Waals surface area (Å²) in [5.41, 5.74) is 0.985. The highest BCUT2D eigenvalue weighted by Gasteiger charge is 2.12. The monoisotopic (exact) mass is 398 g/mol. The molecule has 0 saturated heterocycles. The first-order valence-electron chi connectivity index (χ1n) is 7.71. The zero-order valence-electron chi connectivity index (χ0n) is 13.7. The SMILES string of the molecule is CCOC(=O)c1cc(NC(=S)NCCSCc2ccco2)ccc1Cl. The second-order valence-electron chi connectivity index (χ2n) is 4.93. The van der Waals surface area contributed by atoms with Crippen LogP contribution in [0.4, 0.5) is 5.69 Å². The Balaban J connectivity index is 1.76. The number of esters is 1. The van der Waals surface area contributed by atoms with Gasteiger partial charge in [-0.1, -0.05) is 11.6 Å². The molecule has 2 N–H and O–H groups in total. The number of thiocarbonyl (C=S) groups is 1. The van der Waals surface area contributed by atoms with Gasteiger partial charge in [-0.05, 0) is 49.5 Å². The van der Waals surface area contributed by atoms with Crippen LogP contribution in [0.25, 0.3) is 0 Å². The van der Waals surface area contributed by atoms with Crippen LogP contribution in [0.5, 0.6) is 0 Å². The minimum Gasteiger partial charge on any atom is -0.468 e. The summed E-state index contributed by atoms with van der Waals surface area (Å²) >= 11 is 13.0. The second-order valence-corrected chi connectivity index (χ2v) is 6.85. The Kier molecular flexibility index (Phi) is 8.11. The molecule has 0 amide bonds. The quantitative estimate of drug-likeness (QED) is 0.389. The van der Waals surface area contributed by atoms with Crippen molar-refractivity contribution in [2.75, 3.05) is 24.2 Å². The van der Waals surface area contributed by atoms with Gasteiger partial charge in [0.2, 0.25) is 0 Å². The standard InChI is InChI=1S/C17H19ClN2O3S2/c1-2-22-16(21)14-10-12(5-6-15(14)18)20-17(24)19-7-9-25-11-13-4-3-8-23-13/h3-6,8,10H,2,7,9,11H2,1H3,(H2,19,20,24). The fourth-order valence-corrected chi connectivity index (χ4v) is 3.12. The Morgan fingerprint density at radius 2 is 2.24 bits per heavy atom. The average molecular weight is 399 g/mol. The van der Waals surface area contributed by atoms with Crippen LogP contribution >= 0.6 is 35.6 Å². The zero-order valence-corrected chi connectivity index (χ0v) is 16.1. The summed E-state index contributed by atoms with van der Waals surface area (Å²) in [6.45, 7) is 2.76. The predicted molar refractivity (Wildman–Crippen MR) is 107 cm³/mol. The fourth-order valence-electron chi connectivity index (χ4n) is 1.95. The third-order valence-electron chi connectivity index (χ3n) is 3.08. The van der Waals surface area contributed by atoms with Crippen molar-refractivity contribution in [1.29, 1.82) is 0 Å². The number of hydrogen-bond donors (Lipinski definition) is 2. The van der Waals surface area contributed by atoms with E-state index in [1.54, 1.807) is 43.1 Å². The highest BCUT2D eigenvalue weighted by Crippen LogP contribution is 2.21. The van der Waals surface area contributed by atoms with Gasteiger partial charge in [0.25, 0.3) is 0 Å². The van der Waals surface area contributed by atoms with Crippen molar-refractivity contribution in [3.8, 4) is 0 Å². The number of carbonyl (C=O) groups excluding carboxylic acids is 1. The van der Waals surface area contributed by atoms with Crippen molar-refractivity contribution in [1.82, 2.24) is 5.32 Å². The molecule has 1 heterocycles. The second kappa shape index (κ2) is 10.3. The van der Waals surface area contributed by atoms with Gasteiger partial charge in [-0.3, -0.25) is 0 Å². The van der Waals surface area contributed by atoms with Gasteiger partial charge in [0.05, 0.1) is 29.2 Å². The lowest BCUT2D eigenvalue weighted by molar-refractivity contribution is 0.0526. The van der Waals surface area contributed by atoms with Crippen molar-refractivity contribution in [3.63, 3.8) is 0 Å². The Hall–Kier alpha value is -1.70. The van der Waals surface area contributed by atoms with Crippen LogP contribution in [0.3, 0.4) is 0 Å². The number of furan rings is 1. The Bertz CT molecular complexity index is 708. The first-order chi connectivity index (χ1) is 12.1. The van der Waals surface area contributed by atoms with Crippen LogP contribution in [-0.4, -0.2) is 30.0 Å². The Morgan fingerprint density at radius 1 is 1.40 bits per heavy atom. The van der Waals surface area contributed by atoms with Crippen LogP contribution in [-0.2, 0) is 10.5 Å². The summed E-state index contributed by atoms with van der Waals surface area (Å²) in [6.07, 6.45) is 1.67. The van der Waals surface area contributed by atoms with E-state index >= 15 is 0 Å². The predicted octanol–water partition coefficient (Wildman–Crippen LogP) is 4.33. The van der Waals surface area contributed by atoms with Crippen LogP contribution in [0, 0.1) is 0 Å². The van der Waals surface area contributed by atoms with Crippen molar-refractivity contribution >= 4 is 52.3 Å². The third kappa shape index (κ3) is 6.61. The lowest BCUT2D eigenvalue weighted by Crippen LogP contribution is -2.30. The summed E-state index contributed by atoms with van der Waals surface area (Å²) in [5.74, 6) is 2.22. The molecule has 2 aromatic rings. The summed E-state index contributed by atoms with van der Waals surface area (Å²) in [4.78, 5) is 11.9. The molecule has 0 saturated carbocycles. The summed E-state index contributed by atoms with van der Waals surface area (Å²) < 4.78 is 10.3. The lowest BCUT2D eigenvalue weighted by Gasteiger charge is -2.12. The van der Waals surface area contributed by atoms with Crippen LogP contribution in [0.2, 0.25) is 5.02 Å². The molecule has 1 aromatic heterocycles. The van der Waals surface area contributed by atoms with E-state index < -0.39 is 5.97 Å². The van der Waals surface area contributed by atoms with Gasteiger partial charge in [-0.15, -0.1) is 0 Å². The Morgan fingerprint density at radius 3 is 2.96 bits per heavy atom. The van der Waals surface area contributed by atoms with Crippen molar-refractivity contribution in [3.05, 3.63) is 52.9 Å².